The first-order valence-electron chi connectivity index (χ1n) is 9.08. The van der Waals surface area contributed by atoms with Gasteiger partial charge in [0.15, 0.2) is 17.5 Å². The number of aromatic nitrogens is 2. The van der Waals surface area contributed by atoms with E-state index in [0.717, 1.165) is 23.5 Å². The van der Waals surface area contributed by atoms with Crippen LogP contribution in [-0.4, -0.2) is 36.3 Å². The number of rotatable bonds is 7. The van der Waals surface area contributed by atoms with Crippen LogP contribution in [0.2, 0.25) is 0 Å². The van der Waals surface area contributed by atoms with Crippen molar-refractivity contribution in [2.24, 2.45) is 4.99 Å². The topological polar surface area (TPSA) is 72.7 Å². The van der Waals surface area contributed by atoms with E-state index in [9.17, 15) is 0 Å². The third-order valence-corrected chi connectivity index (χ3v) is 4.17. The molecular weight excluding hydrogens is 481 g/mol. The van der Waals surface area contributed by atoms with Crippen LogP contribution in [0.25, 0.3) is 5.69 Å². The molecule has 8 heteroatoms. The predicted molar refractivity (Wildman–Crippen MR) is 127 cm³/mol. The molecule has 0 aliphatic rings. The number of benzene rings is 2. The lowest BCUT2D eigenvalue weighted by atomic mass is 10.2. The lowest BCUT2D eigenvalue weighted by Gasteiger charge is -2.14. The zero-order valence-corrected chi connectivity index (χ0v) is 19.1. The van der Waals surface area contributed by atoms with Crippen LogP contribution in [0.5, 0.6) is 11.5 Å². The highest BCUT2D eigenvalue weighted by molar-refractivity contribution is 14.0. The molecule has 0 aliphatic carbocycles. The predicted octanol–water partition coefficient (Wildman–Crippen LogP) is 4.09. The Hall–Kier alpha value is -2.75. The first kappa shape index (κ1) is 22.5. The molecule has 0 unspecified atom stereocenters. The fourth-order valence-electron chi connectivity index (χ4n) is 2.82. The minimum atomic E-state index is 0. The largest absolute Gasteiger partial charge is 0.493 e. The Morgan fingerprint density at radius 1 is 1.10 bits per heavy atom. The van der Waals surface area contributed by atoms with Crippen molar-refractivity contribution in [1.29, 1.82) is 0 Å². The van der Waals surface area contributed by atoms with Crippen molar-refractivity contribution in [3.05, 3.63) is 66.7 Å². The zero-order chi connectivity index (χ0) is 19.8. The lowest BCUT2D eigenvalue weighted by molar-refractivity contribution is 0.355. The molecule has 3 rings (SSSR count). The normalized spacial score (nSPS) is 10.8. The van der Waals surface area contributed by atoms with Crippen LogP contribution in [0.3, 0.4) is 0 Å². The minimum absolute atomic E-state index is 0. The van der Waals surface area contributed by atoms with Gasteiger partial charge in [-0.25, -0.2) is 9.98 Å². The smallest absolute Gasteiger partial charge is 0.196 e. The van der Waals surface area contributed by atoms with Gasteiger partial charge in [-0.3, -0.25) is 0 Å². The second-order valence-electron chi connectivity index (χ2n) is 5.99. The van der Waals surface area contributed by atoms with Crippen LogP contribution < -0.4 is 20.1 Å². The molecule has 29 heavy (non-hydrogen) atoms. The van der Waals surface area contributed by atoms with Gasteiger partial charge in [-0.1, -0.05) is 18.2 Å². The van der Waals surface area contributed by atoms with Gasteiger partial charge in [0.1, 0.15) is 0 Å². The molecule has 0 saturated heterocycles. The summed E-state index contributed by atoms with van der Waals surface area (Å²) in [6.07, 6.45) is 5.48. The molecule has 3 aromatic rings. The molecule has 0 saturated carbocycles. The van der Waals surface area contributed by atoms with Crippen molar-refractivity contribution >= 4 is 35.6 Å². The average molecular weight is 507 g/mol. The molecule has 1 aromatic heterocycles. The fourth-order valence-corrected chi connectivity index (χ4v) is 2.82. The second kappa shape index (κ2) is 11.3. The number of para-hydroxylation sites is 1. The van der Waals surface area contributed by atoms with Crippen molar-refractivity contribution in [3.63, 3.8) is 0 Å². The summed E-state index contributed by atoms with van der Waals surface area (Å²) in [6, 6.07) is 13.8. The van der Waals surface area contributed by atoms with Crippen molar-refractivity contribution < 1.29 is 9.47 Å². The maximum atomic E-state index is 5.37. The number of nitrogens with zero attached hydrogens (tertiary/aromatic N) is 3. The van der Waals surface area contributed by atoms with Gasteiger partial charge in [0.2, 0.25) is 0 Å². The third-order valence-electron chi connectivity index (χ3n) is 4.17. The van der Waals surface area contributed by atoms with Gasteiger partial charge in [0.25, 0.3) is 0 Å². The van der Waals surface area contributed by atoms with Crippen molar-refractivity contribution in [2.45, 2.75) is 13.5 Å². The quantitative estimate of drug-likeness (QED) is 0.287. The Balaban J connectivity index is 0.00000300. The highest BCUT2D eigenvalue weighted by Crippen LogP contribution is 2.29. The number of ether oxygens (including phenoxy) is 2. The summed E-state index contributed by atoms with van der Waals surface area (Å²) in [5.74, 6) is 2.04. The van der Waals surface area contributed by atoms with E-state index in [0.29, 0.717) is 24.0 Å². The van der Waals surface area contributed by atoms with E-state index >= 15 is 0 Å². The summed E-state index contributed by atoms with van der Waals surface area (Å²) < 4.78 is 12.6. The van der Waals surface area contributed by atoms with Gasteiger partial charge < -0.3 is 24.7 Å². The van der Waals surface area contributed by atoms with Gasteiger partial charge in [0, 0.05) is 30.7 Å². The van der Waals surface area contributed by atoms with Gasteiger partial charge in [-0.05, 0) is 30.7 Å². The van der Waals surface area contributed by atoms with Crippen molar-refractivity contribution in [2.75, 3.05) is 26.1 Å². The molecule has 154 valence electrons. The van der Waals surface area contributed by atoms with E-state index in [4.69, 9.17) is 14.5 Å². The lowest BCUT2D eigenvalue weighted by Crippen LogP contribution is -2.30. The molecule has 1 heterocycles. The fraction of sp³-hybridized carbons (Fsp3) is 0.238. The van der Waals surface area contributed by atoms with E-state index in [1.165, 1.54) is 0 Å². The molecule has 0 fully saturated rings. The first-order chi connectivity index (χ1) is 13.7. The van der Waals surface area contributed by atoms with Crippen molar-refractivity contribution in [1.82, 2.24) is 14.9 Å². The highest BCUT2D eigenvalue weighted by Gasteiger charge is 2.07. The van der Waals surface area contributed by atoms with Crippen LogP contribution in [0.15, 0.2) is 66.2 Å². The number of hydrogen-bond donors (Lipinski definition) is 2. The molecular formula is C21H26IN5O2. The number of guanidine groups is 1. The van der Waals surface area contributed by atoms with E-state index in [2.05, 4.69) is 27.8 Å². The molecule has 7 nitrogen and oxygen atoms in total. The maximum absolute atomic E-state index is 5.37. The number of hydrogen-bond acceptors (Lipinski definition) is 4. The van der Waals surface area contributed by atoms with Crippen LogP contribution in [0.4, 0.5) is 5.69 Å². The monoisotopic (exact) mass is 507 g/mol. The van der Waals surface area contributed by atoms with Gasteiger partial charge in [0.05, 0.1) is 32.8 Å². The molecule has 2 N–H and O–H groups in total. The molecule has 0 spiro atoms. The summed E-state index contributed by atoms with van der Waals surface area (Å²) >= 11 is 0. The second-order valence-corrected chi connectivity index (χ2v) is 5.99. The Morgan fingerprint density at radius 2 is 1.90 bits per heavy atom. The Bertz CT molecular complexity index is 929. The van der Waals surface area contributed by atoms with Gasteiger partial charge in [-0.2, -0.15) is 0 Å². The standard InChI is InChI=1S/C21H25N5O2.HI/c1-4-23-21(25-17-9-10-19(27-2)20(13-17)28-3)24-14-16-7-5-6-8-18(16)26-12-11-22-15-26;/h5-13,15H,4,14H2,1-3H3,(H2,23,24,25);1H. The third kappa shape index (κ3) is 5.86. The Kier molecular flexibility index (Phi) is 8.78. The molecule has 2 aromatic carbocycles. The molecule has 0 radical (unpaired) electrons. The number of anilines is 1. The van der Waals surface area contributed by atoms with Gasteiger partial charge >= 0.3 is 0 Å². The SMILES string of the molecule is CCNC(=NCc1ccccc1-n1ccnc1)Nc1ccc(OC)c(OC)c1.I. The Morgan fingerprint density at radius 3 is 2.59 bits per heavy atom. The number of methoxy groups -OCH3 is 2. The minimum Gasteiger partial charge on any atom is -0.493 e. The molecule has 0 amide bonds. The summed E-state index contributed by atoms with van der Waals surface area (Å²) in [5.41, 5.74) is 3.02. The molecule has 0 atom stereocenters. The molecule has 0 bridgehead atoms. The summed E-state index contributed by atoms with van der Waals surface area (Å²) in [5, 5.41) is 6.58. The molecule has 0 aliphatic heterocycles. The zero-order valence-electron chi connectivity index (χ0n) is 16.8. The van der Waals surface area contributed by atoms with Crippen LogP contribution in [0, 0.1) is 0 Å². The number of halogens is 1. The maximum Gasteiger partial charge on any atom is 0.196 e. The van der Waals surface area contributed by atoms with E-state index < -0.39 is 0 Å². The Labute approximate surface area is 188 Å². The summed E-state index contributed by atoms with van der Waals surface area (Å²) in [7, 11) is 3.24. The van der Waals surface area contributed by atoms with E-state index in [1.807, 2.05) is 48.0 Å². The van der Waals surface area contributed by atoms with Crippen molar-refractivity contribution in [3.8, 4) is 17.2 Å². The summed E-state index contributed by atoms with van der Waals surface area (Å²) in [6.45, 7) is 3.31. The summed E-state index contributed by atoms with van der Waals surface area (Å²) in [4.78, 5) is 8.87. The number of nitrogens with one attached hydrogen (secondary N) is 2. The van der Waals surface area contributed by atoms with Crippen LogP contribution in [0.1, 0.15) is 12.5 Å². The highest BCUT2D eigenvalue weighted by atomic mass is 127. The van der Waals surface area contributed by atoms with E-state index in [-0.39, 0.29) is 24.0 Å². The first-order valence-corrected chi connectivity index (χ1v) is 9.08. The van der Waals surface area contributed by atoms with Gasteiger partial charge in [-0.15, -0.1) is 24.0 Å². The van der Waals surface area contributed by atoms with Crippen LogP contribution in [-0.2, 0) is 6.54 Å². The van der Waals surface area contributed by atoms with Crippen LogP contribution >= 0.6 is 24.0 Å². The number of aliphatic imine (C=N–C) groups is 1. The average Bonchev–Trinajstić information content (AvgIpc) is 3.27. The van der Waals surface area contributed by atoms with E-state index in [1.54, 1.807) is 26.7 Å². The number of imidazole rings is 1.